The lowest BCUT2D eigenvalue weighted by atomic mass is 10.00. The van der Waals surface area contributed by atoms with E-state index in [4.69, 9.17) is 4.74 Å². The Morgan fingerprint density at radius 3 is 2.60 bits per heavy atom. The number of nitrogens with one attached hydrogen (secondary N) is 1. The van der Waals surface area contributed by atoms with E-state index in [2.05, 4.69) is 10.1 Å². The molecule has 0 saturated heterocycles. The minimum atomic E-state index is -4.40. The van der Waals surface area contributed by atoms with Crippen LogP contribution in [-0.4, -0.2) is 25.3 Å². The van der Waals surface area contributed by atoms with Crippen molar-refractivity contribution in [2.24, 2.45) is 0 Å². The van der Waals surface area contributed by atoms with Crippen LogP contribution >= 0.6 is 0 Å². The fourth-order valence-electron chi connectivity index (χ4n) is 2.60. The molecule has 0 aromatic heterocycles. The van der Waals surface area contributed by atoms with E-state index < -0.39 is 12.8 Å². The van der Waals surface area contributed by atoms with Gasteiger partial charge in [0.25, 0.3) is 5.91 Å². The van der Waals surface area contributed by atoms with Gasteiger partial charge in [0.05, 0.1) is 12.6 Å². The van der Waals surface area contributed by atoms with E-state index in [0.29, 0.717) is 18.6 Å². The first-order valence-corrected chi connectivity index (χ1v) is 7.74. The fraction of sp³-hybridized carbons (Fsp3) is 0.278. The van der Waals surface area contributed by atoms with Crippen molar-refractivity contribution >= 4 is 5.91 Å². The van der Waals surface area contributed by atoms with Crippen LogP contribution in [0.15, 0.2) is 48.5 Å². The number of para-hydroxylation sites is 1. The minimum absolute atomic E-state index is 0.0605. The highest BCUT2D eigenvalue weighted by Crippen LogP contribution is 2.31. The van der Waals surface area contributed by atoms with E-state index in [1.165, 1.54) is 24.3 Å². The Hall–Kier alpha value is -2.70. The fourth-order valence-corrected chi connectivity index (χ4v) is 2.60. The summed E-state index contributed by atoms with van der Waals surface area (Å²) in [6.45, 7) is -0.858. The summed E-state index contributed by atoms with van der Waals surface area (Å²) in [6, 6.07) is 12.9. The largest absolute Gasteiger partial charge is 0.493 e. The molecule has 0 bridgehead atoms. The monoisotopic (exact) mass is 351 g/mol. The van der Waals surface area contributed by atoms with E-state index in [1.807, 2.05) is 24.3 Å². The van der Waals surface area contributed by atoms with Crippen molar-refractivity contribution in [2.45, 2.75) is 18.6 Å². The molecule has 0 saturated carbocycles. The van der Waals surface area contributed by atoms with Crippen molar-refractivity contribution in [2.75, 3.05) is 13.2 Å². The van der Waals surface area contributed by atoms with Gasteiger partial charge in [0, 0.05) is 17.5 Å². The van der Waals surface area contributed by atoms with Gasteiger partial charge in [-0.1, -0.05) is 18.2 Å². The van der Waals surface area contributed by atoms with Gasteiger partial charge >= 0.3 is 6.18 Å². The predicted octanol–water partition coefficient (Wildman–Crippen LogP) is 3.88. The van der Waals surface area contributed by atoms with Gasteiger partial charge in [0.2, 0.25) is 0 Å². The van der Waals surface area contributed by atoms with Gasteiger partial charge in [-0.05, 0) is 30.3 Å². The number of ether oxygens (including phenoxy) is 2. The molecule has 0 unspecified atom stereocenters. The second-order valence-electron chi connectivity index (χ2n) is 5.63. The quantitative estimate of drug-likeness (QED) is 0.909. The van der Waals surface area contributed by atoms with Crippen molar-refractivity contribution in [3.8, 4) is 11.5 Å². The second kappa shape index (κ2) is 7.04. The van der Waals surface area contributed by atoms with Crippen molar-refractivity contribution in [1.82, 2.24) is 5.32 Å². The topological polar surface area (TPSA) is 47.6 Å². The summed E-state index contributed by atoms with van der Waals surface area (Å²) in [6.07, 6.45) is -3.75. The highest BCUT2D eigenvalue weighted by molar-refractivity contribution is 5.94. The number of amides is 1. The van der Waals surface area contributed by atoms with Gasteiger partial charge in [0.15, 0.2) is 6.61 Å². The van der Waals surface area contributed by atoms with Crippen LogP contribution in [0.2, 0.25) is 0 Å². The lowest BCUT2D eigenvalue weighted by Gasteiger charge is -2.26. The third kappa shape index (κ3) is 4.43. The average Bonchev–Trinajstić information content (AvgIpc) is 2.60. The van der Waals surface area contributed by atoms with E-state index >= 15 is 0 Å². The molecule has 1 amide bonds. The number of hydrogen-bond donors (Lipinski definition) is 1. The van der Waals surface area contributed by atoms with Crippen molar-refractivity contribution in [1.29, 1.82) is 0 Å². The van der Waals surface area contributed by atoms with Crippen molar-refractivity contribution < 1.29 is 27.4 Å². The number of benzene rings is 2. The number of carbonyl (C=O) groups is 1. The zero-order valence-corrected chi connectivity index (χ0v) is 13.2. The number of halogens is 3. The standard InChI is InChI=1S/C18H16F3NO3/c19-18(20,21)11-25-13-7-5-12(6-8-13)17(23)22-15-9-10-24-16-4-2-1-3-14(15)16/h1-8,15H,9-11H2,(H,22,23)/t15-/m1/s1. The summed E-state index contributed by atoms with van der Waals surface area (Å²) in [7, 11) is 0. The zero-order valence-electron chi connectivity index (χ0n) is 13.2. The maximum absolute atomic E-state index is 12.4. The van der Waals surface area contributed by atoms with Crippen molar-refractivity contribution in [3.05, 3.63) is 59.7 Å². The third-order valence-corrected chi connectivity index (χ3v) is 3.78. The van der Waals surface area contributed by atoms with Gasteiger partial charge in [-0.15, -0.1) is 0 Å². The van der Waals surface area contributed by atoms with Crippen molar-refractivity contribution in [3.63, 3.8) is 0 Å². The maximum Gasteiger partial charge on any atom is 0.422 e. The van der Waals surface area contributed by atoms with Gasteiger partial charge < -0.3 is 14.8 Å². The molecule has 1 aliphatic rings. The molecule has 0 fully saturated rings. The Bertz CT molecular complexity index is 744. The van der Waals surface area contributed by atoms with E-state index in [1.54, 1.807) is 0 Å². The molecule has 7 heteroatoms. The van der Waals surface area contributed by atoms with Crippen LogP contribution in [0.1, 0.15) is 28.4 Å². The first-order chi connectivity index (χ1) is 11.9. The van der Waals surface area contributed by atoms with Gasteiger partial charge in [-0.3, -0.25) is 4.79 Å². The second-order valence-corrected chi connectivity index (χ2v) is 5.63. The molecule has 4 nitrogen and oxygen atoms in total. The third-order valence-electron chi connectivity index (χ3n) is 3.78. The van der Waals surface area contributed by atoms with E-state index in [0.717, 1.165) is 11.3 Å². The van der Waals surface area contributed by atoms with Gasteiger partial charge in [0.1, 0.15) is 11.5 Å². The molecule has 1 heterocycles. The first-order valence-electron chi connectivity index (χ1n) is 7.74. The minimum Gasteiger partial charge on any atom is -0.493 e. The number of fused-ring (bicyclic) bond motifs is 1. The summed E-state index contributed by atoms with van der Waals surface area (Å²) in [4.78, 5) is 12.4. The summed E-state index contributed by atoms with van der Waals surface area (Å²) < 4.78 is 46.6. The SMILES string of the molecule is O=C(N[C@@H]1CCOc2ccccc21)c1ccc(OCC(F)(F)F)cc1. The summed E-state index contributed by atoms with van der Waals surface area (Å²) >= 11 is 0. The average molecular weight is 351 g/mol. The molecule has 0 radical (unpaired) electrons. The maximum atomic E-state index is 12.4. The smallest absolute Gasteiger partial charge is 0.422 e. The van der Waals surface area contributed by atoms with E-state index in [-0.39, 0.29) is 17.7 Å². The van der Waals surface area contributed by atoms with Gasteiger partial charge in [-0.25, -0.2) is 0 Å². The predicted molar refractivity (Wildman–Crippen MR) is 84.8 cm³/mol. The molecular weight excluding hydrogens is 335 g/mol. The normalized spacial score (nSPS) is 16.5. The molecule has 0 aliphatic carbocycles. The summed E-state index contributed by atoms with van der Waals surface area (Å²) in [5.74, 6) is 0.504. The number of hydrogen-bond acceptors (Lipinski definition) is 3. The van der Waals surface area contributed by atoms with Crippen LogP contribution in [0.5, 0.6) is 11.5 Å². The van der Waals surface area contributed by atoms with Crippen LogP contribution < -0.4 is 14.8 Å². The highest BCUT2D eigenvalue weighted by Gasteiger charge is 2.28. The Kier molecular flexibility index (Phi) is 4.83. The molecule has 2 aromatic rings. The summed E-state index contributed by atoms with van der Waals surface area (Å²) in [5, 5.41) is 2.93. The molecule has 1 aliphatic heterocycles. The van der Waals surface area contributed by atoms with Crippen LogP contribution in [0.4, 0.5) is 13.2 Å². The van der Waals surface area contributed by atoms with E-state index in [9.17, 15) is 18.0 Å². The molecule has 3 rings (SSSR count). The Morgan fingerprint density at radius 2 is 1.88 bits per heavy atom. The van der Waals surface area contributed by atoms with Crippen LogP contribution in [-0.2, 0) is 0 Å². The molecule has 1 atom stereocenters. The highest BCUT2D eigenvalue weighted by atomic mass is 19.4. The Balaban J connectivity index is 1.64. The molecule has 132 valence electrons. The number of alkyl halides is 3. The number of rotatable bonds is 4. The molecular formula is C18H16F3NO3. The molecule has 25 heavy (non-hydrogen) atoms. The van der Waals surface area contributed by atoms with Crippen LogP contribution in [0.3, 0.4) is 0 Å². The number of carbonyl (C=O) groups excluding carboxylic acids is 1. The zero-order chi connectivity index (χ0) is 17.9. The summed E-state index contributed by atoms with van der Waals surface area (Å²) in [5.41, 5.74) is 1.26. The lowest BCUT2D eigenvalue weighted by Crippen LogP contribution is -2.32. The first kappa shape index (κ1) is 17.1. The lowest BCUT2D eigenvalue weighted by molar-refractivity contribution is -0.153. The Morgan fingerprint density at radius 1 is 1.16 bits per heavy atom. The van der Waals surface area contributed by atoms with Gasteiger partial charge in [-0.2, -0.15) is 13.2 Å². The Labute approximate surface area is 142 Å². The molecule has 2 aromatic carbocycles. The molecule has 0 spiro atoms. The van der Waals surface area contributed by atoms with Crippen LogP contribution in [0.25, 0.3) is 0 Å². The van der Waals surface area contributed by atoms with Crippen LogP contribution in [0, 0.1) is 0 Å². The molecule has 1 N–H and O–H groups in total.